The molecule has 37 heavy (non-hydrogen) atoms. The number of aromatic nitrogens is 4. The van der Waals surface area contributed by atoms with Crippen molar-refractivity contribution in [2.45, 2.75) is 44.3 Å². The summed E-state index contributed by atoms with van der Waals surface area (Å²) in [6.45, 7) is 0.221. The number of halogens is 3. The molecule has 5 rings (SSSR count). The third-order valence-corrected chi connectivity index (χ3v) is 6.84. The highest BCUT2D eigenvalue weighted by Gasteiger charge is 2.31. The number of rotatable bonds is 8. The maximum atomic E-state index is 13.8. The first-order chi connectivity index (χ1) is 17.9. The Balaban J connectivity index is 1.21. The average Bonchev–Trinajstić information content (AvgIpc) is 3.32. The predicted molar refractivity (Wildman–Crippen MR) is 135 cm³/mol. The van der Waals surface area contributed by atoms with Gasteiger partial charge in [0.2, 0.25) is 0 Å². The molecule has 1 aliphatic carbocycles. The average molecular weight is 524 g/mol. The van der Waals surface area contributed by atoms with Gasteiger partial charge < -0.3 is 5.32 Å². The van der Waals surface area contributed by atoms with Gasteiger partial charge in [-0.15, -0.1) is 0 Å². The monoisotopic (exact) mass is 523 g/mol. The summed E-state index contributed by atoms with van der Waals surface area (Å²) in [6.07, 6.45) is 4.92. The number of amides is 1. The van der Waals surface area contributed by atoms with E-state index < -0.39 is 12.1 Å². The van der Waals surface area contributed by atoms with Gasteiger partial charge >= 0.3 is 5.69 Å². The van der Waals surface area contributed by atoms with Gasteiger partial charge in [0, 0.05) is 35.2 Å². The summed E-state index contributed by atoms with van der Waals surface area (Å²) in [5, 5.41) is 7.96. The lowest BCUT2D eigenvalue weighted by Gasteiger charge is -2.36. The van der Waals surface area contributed by atoms with Crippen molar-refractivity contribution in [2.24, 2.45) is 0 Å². The zero-order valence-electron chi connectivity index (χ0n) is 19.7. The molecule has 7 nitrogen and oxygen atoms in total. The van der Waals surface area contributed by atoms with Gasteiger partial charge in [0.1, 0.15) is 0 Å². The van der Waals surface area contributed by atoms with Crippen LogP contribution >= 0.6 is 11.6 Å². The van der Waals surface area contributed by atoms with E-state index in [1.807, 2.05) is 24.3 Å². The smallest absolute Gasteiger partial charge is 0.347 e. The Labute approximate surface area is 216 Å². The van der Waals surface area contributed by atoms with Gasteiger partial charge in [0.05, 0.1) is 24.8 Å². The van der Waals surface area contributed by atoms with E-state index in [1.54, 1.807) is 29.1 Å². The number of hydrogen-bond donors (Lipinski definition) is 1. The van der Waals surface area contributed by atoms with Gasteiger partial charge in [-0.25, -0.2) is 18.6 Å². The Hall–Kier alpha value is -3.85. The van der Waals surface area contributed by atoms with Crippen molar-refractivity contribution in [3.8, 4) is 0 Å². The van der Waals surface area contributed by atoms with Gasteiger partial charge in [0.25, 0.3) is 12.3 Å². The number of hydrogen-bond acceptors (Lipinski definition) is 4. The van der Waals surface area contributed by atoms with E-state index in [0.717, 1.165) is 12.8 Å². The molecule has 190 valence electrons. The second-order valence-electron chi connectivity index (χ2n) is 9.18. The van der Waals surface area contributed by atoms with Crippen LogP contribution in [0.15, 0.2) is 78.1 Å². The maximum absolute atomic E-state index is 13.8. The Bertz CT molecular complexity index is 1480. The van der Waals surface area contributed by atoms with Gasteiger partial charge in [-0.2, -0.15) is 5.10 Å². The zero-order valence-corrected chi connectivity index (χ0v) is 20.5. The molecule has 0 saturated heterocycles. The SMILES string of the molecule is O=C(N[C@H]1C[C@@H](c2cccc(Cl)c2)C1)c1cnn(Cc2ccc(Cn3cccnc3=O)c(C(F)F)c2)c1. The lowest BCUT2D eigenvalue weighted by Crippen LogP contribution is -2.43. The van der Waals surface area contributed by atoms with Crippen molar-refractivity contribution in [3.05, 3.63) is 117 Å². The normalized spacial score (nSPS) is 17.0. The Kier molecular flexibility index (Phi) is 7.14. The summed E-state index contributed by atoms with van der Waals surface area (Å²) in [4.78, 5) is 28.2. The van der Waals surface area contributed by atoms with Crippen molar-refractivity contribution in [1.82, 2.24) is 24.6 Å². The van der Waals surface area contributed by atoms with Crippen LogP contribution in [-0.2, 0) is 13.1 Å². The van der Waals surface area contributed by atoms with Crippen molar-refractivity contribution in [1.29, 1.82) is 0 Å². The van der Waals surface area contributed by atoms with Crippen molar-refractivity contribution < 1.29 is 13.6 Å². The summed E-state index contributed by atoms with van der Waals surface area (Å²) in [7, 11) is 0. The van der Waals surface area contributed by atoms with Crippen LogP contribution in [0.5, 0.6) is 0 Å². The number of carbonyl (C=O) groups is 1. The minimum Gasteiger partial charge on any atom is -0.349 e. The van der Waals surface area contributed by atoms with Crippen LogP contribution < -0.4 is 11.0 Å². The third-order valence-electron chi connectivity index (χ3n) is 6.60. The summed E-state index contributed by atoms with van der Waals surface area (Å²) in [6, 6.07) is 14.1. The number of nitrogens with zero attached hydrogens (tertiary/aromatic N) is 4. The summed E-state index contributed by atoms with van der Waals surface area (Å²) >= 11 is 6.07. The summed E-state index contributed by atoms with van der Waals surface area (Å²) in [5.41, 5.74) is 1.87. The van der Waals surface area contributed by atoms with Crippen LogP contribution in [0.4, 0.5) is 8.78 Å². The summed E-state index contributed by atoms with van der Waals surface area (Å²) in [5.74, 6) is 0.154. The maximum Gasteiger partial charge on any atom is 0.347 e. The lowest BCUT2D eigenvalue weighted by atomic mass is 9.76. The molecule has 2 aromatic heterocycles. The van der Waals surface area contributed by atoms with Crippen LogP contribution in [0, 0.1) is 0 Å². The molecule has 10 heteroatoms. The first-order valence-corrected chi connectivity index (χ1v) is 12.2. The molecule has 0 bridgehead atoms. The first-order valence-electron chi connectivity index (χ1n) is 11.9. The number of benzene rings is 2. The fourth-order valence-corrected chi connectivity index (χ4v) is 4.77. The highest BCUT2D eigenvalue weighted by atomic mass is 35.5. The van der Waals surface area contributed by atoms with Crippen LogP contribution in [0.25, 0.3) is 0 Å². The van der Waals surface area contributed by atoms with E-state index in [2.05, 4.69) is 15.4 Å². The summed E-state index contributed by atoms with van der Waals surface area (Å²) < 4.78 is 30.4. The largest absolute Gasteiger partial charge is 0.349 e. The predicted octanol–water partition coefficient (Wildman–Crippen LogP) is 4.80. The molecule has 4 aromatic rings. The third kappa shape index (κ3) is 5.77. The topological polar surface area (TPSA) is 81.8 Å². The highest BCUT2D eigenvalue weighted by molar-refractivity contribution is 6.30. The Morgan fingerprint density at radius 2 is 1.97 bits per heavy atom. The van der Waals surface area contributed by atoms with Gasteiger partial charge in [-0.1, -0.05) is 35.9 Å². The minimum absolute atomic E-state index is 0.00193. The molecular weight excluding hydrogens is 500 g/mol. The number of carbonyl (C=O) groups excluding carboxylic acids is 1. The molecule has 2 heterocycles. The molecule has 1 N–H and O–H groups in total. The van der Waals surface area contributed by atoms with Crippen molar-refractivity contribution in [3.63, 3.8) is 0 Å². The highest BCUT2D eigenvalue weighted by Crippen LogP contribution is 2.37. The molecule has 2 aromatic carbocycles. The molecular formula is C27H24ClF2N5O2. The van der Waals surface area contributed by atoms with Crippen molar-refractivity contribution >= 4 is 17.5 Å². The van der Waals surface area contributed by atoms with E-state index in [4.69, 9.17) is 11.6 Å². The lowest BCUT2D eigenvalue weighted by molar-refractivity contribution is 0.0908. The van der Waals surface area contributed by atoms with E-state index in [0.29, 0.717) is 27.6 Å². The van der Waals surface area contributed by atoms with Gasteiger partial charge in [-0.3, -0.25) is 14.0 Å². The molecule has 1 amide bonds. The fraction of sp³-hybridized carbons (Fsp3) is 0.259. The second kappa shape index (κ2) is 10.6. The van der Waals surface area contributed by atoms with E-state index in [1.165, 1.54) is 34.8 Å². The van der Waals surface area contributed by atoms with E-state index in [-0.39, 0.29) is 30.6 Å². The fourth-order valence-electron chi connectivity index (χ4n) is 4.57. The molecule has 1 aliphatic rings. The van der Waals surface area contributed by atoms with Crippen LogP contribution in [0.2, 0.25) is 5.02 Å². The second-order valence-corrected chi connectivity index (χ2v) is 9.62. The van der Waals surface area contributed by atoms with Crippen LogP contribution in [-0.4, -0.2) is 31.3 Å². The molecule has 0 aliphatic heterocycles. The number of alkyl halides is 2. The minimum atomic E-state index is -2.71. The molecule has 0 radical (unpaired) electrons. The van der Waals surface area contributed by atoms with Crippen LogP contribution in [0.1, 0.15) is 57.8 Å². The van der Waals surface area contributed by atoms with Gasteiger partial charge in [-0.05, 0) is 59.7 Å². The first kappa shape index (κ1) is 24.8. The number of nitrogens with one attached hydrogen (secondary N) is 1. The molecule has 0 unspecified atom stereocenters. The van der Waals surface area contributed by atoms with E-state index >= 15 is 0 Å². The molecule has 1 fully saturated rings. The Morgan fingerprint density at radius 3 is 2.73 bits per heavy atom. The standard InChI is InChI=1S/C27H24ClF2N5O2/c28-22-4-1-3-18(10-22)20-11-23(12-20)33-26(36)21-13-32-35(16-21)14-17-5-6-19(24(9-17)25(29)30)15-34-8-2-7-31-27(34)37/h1-10,13,16,20,23,25H,11-12,14-15H2,(H,33,36)/t20-,23+. The quantitative estimate of drug-likeness (QED) is 0.359. The molecule has 1 saturated carbocycles. The zero-order chi connectivity index (χ0) is 25.9. The van der Waals surface area contributed by atoms with Crippen LogP contribution in [0.3, 0.4) is 0 Å². The van der Waals surface area contributed by atoms with Gasteiger partial charge in [0.15, 0.2) is 0 Å². The Morgan fingerprint density at radius 1 is 1.14 bits per heavy atom. The molecule has 0 atom stereocenters. The van der Waals surface area contributed by atoms with E-state index in [9.17, 15) is 18.4 Å². The van der Waals surface area contributed by atoms with Crippen molar-refractivity contribution in [2.75, 3.05) is 0 Å². The molecule has 0 spiro atoms.